The fraction of sp³-hybridized carbons (Fsp3) is 0.130. The van der Waals surface area contributed by atoms with Crippen molar-refractivity contribution >= 4 is 39.7 Å². The Hall–Kier alpha value is -2.83. The van der Waals surface area contributed by atoms with Crippen LogP contribution in [0.2, 0.25) is 5.02 Å². The van der Waals surface area contributed by atoms with Crippen LogP contribution in [0, 0.1) is 6.92 Å². The van der Waals surface area contributed by atoms with Crippen molar-refractivity contribution in [3.63, 3.8) is 0 Å². The maximum atomic E-state index is 12.5. The monoisotopic (exact) mass is 486 g/mol. The number of carbonyl (C=O) groups excluding carboxylic acids is 1. The molecule has 0 bridgehead atoms. The maximum Gasteiger partial charge on any atom is 0.275 e. The van der Waals surface area contributed by atoms with Crippen LogP contribution in [0.15, 0.2) is 70.2 Å². The van der Waals surface area contributed by atoms with Crippen molar-refractivity contribution in [3.05, 3.63) is 92.4 Å². The van der Waals surface area contributed by atoms with Crippen LogP contribution in [0.1, 0.15) is 27.0 Å². The molecule has 3 aromatic rings. The van der Waals surface area contributed by atoms with Crippen LogP contribution in [0.4, 0.5) is 0 Å². The number of hydrazone groups is 1. The third-order valence-electron chi connectivity index (χ3n) is 4.26. The minimum absolute atomic E-state index is 0.367. The number of ether oxygens (including phenoxy) is 2. The zero-order valence-corrected chi connectivity index (χ0v) is 18.8. The second-order valence-corrected chi connectivity index (χ2v) is 7.85. The van der Waals surface area contributed by atoms with Gasteiger partial charge >= 0.3 is 0 Å². The molecule has 3 aromatic carbocycles. The van der Waals surface area contributed by atoms with Gasteiger partial charge in [-0.3, -0.25) is 4.79 Å². The first-order chi connectivity index (χ1) is 14.5. The van der Waals surface area contributed by atoms with Gasteiger partial charge in [0, 0.05) is 15.1 Å². The number of aryl methyl sites for hydroxylation is 1. The van der Waals surface area contributed by atoms with Crippen molar-refractivity contribution in [2.45, 2.75) is 13.5 Å². The second kappa shape index (κ2) is 10.3. The van der Waals surface area contributed by atoms with Gasteiger partial charge in [0.05, 0.1) is 18.9 Å². The van der Waals surface area contributed by atoms with E-state index < -0.39 is 5.91 Å². The Bertz CT molecular complexity index is 1070. The average Bonchev–Trinajstić information content (AvgIpc) is 2.74. The fourth-order valence-corrected chi connectivity index (χ4v) is 3.22. The molecule has 0 aliphatic carbocycles. The van der Waals surface area contributed by atoms with E-state index in [1.807, 2.05) is 31.2 Å². The number of methoxy groups -OCH3 is 1. The number of nitrogens with one attached hydrogen (secondary N) is 1. The van der Waals surface area contributed by atoms with Crippen LogP contribution in [-0.4, -0.2) is 19.2 Å². The molecule has 0 atom stereocenters. The van der Waals surface area contributed by atoms with Crippen LogP contribution in [0.25, 0.3) is 0 Å². The summed E-state index contributed by atoms with van der Waals surface area (Å²) in [4.78, 5) is 12.5. The van der Waals surface area contributed by atoms with E-state index in [0.29, 0.717) is 34.3 Å². The summed E-state index contributed by atoms with van der Waals surface area (Å²) >= 11 is 9.47. The molecule has 0 unspecified atom stereocenters. The molecule has 1 amide bonds. The van der Waals surface area contributed by atoms with Crippen molar-refractivity contribution < 1.29 is 14.3 Å². The predicted molar refractivity (Wildman–Crippen MR) is 123 cm³/mol. The highest BCUT2D eigenvalue weighted by Crippen LogP contribution is 2.24. The van der Waals surface area contributed by atoms with Gasteiger partial charge in [0.1, 0.15) is 18.1 Å². The zero-order chi connectivity index (χ0) is 21.5. The summed E-state index contributed by atoms with van der Waals surface area (Å²) in [5.41, 5.74) is 5.76. The molecule has 0 fully saturated rings. The van der Waals surface area contributed by atoms with E-state index in [9.17, 15) is 4.79 Å². The smallest absolute Gasteiger partial charge is 0.275 e. The van der Waals surface area contributed by atoms with Crippen LogP contribution < -0.4 is 14.9 Å². The van der Waals surface area contributed by atoms with E-state index in [-0.39, 0.29) is 0 Å². The molecular weight excluding hydrogens is 468 g/mol. The van der Waals surface area contributed by atoms with Crippen molar-refractivity contribution in [3.8, 4) is 11.5 Å². The standard InChI is InChI=1S/C23H20BrClN2O3/c1-15-3-5-16(6-4-15)14-30-21-10-8-19(25)11-17(21)13-26-27-23(28)20-12-18(24)7-9-22(20)29-2/h3-13H,14H2,1-2H3,(H,27,28)/b26-13-. The largest absolute Gasteiger partial charge is 0.496 e. The van der Waals surface area contributed by atoms with E-state index in [4.69, 9.17) is 21.1 Å². The van der Waals surface area contributed by atoms with Gasteiger partial charge in [-0.15, -0.1) is 0 Å². The van der Waals surface area contributed by atoms with E-state index >= 15 is 0 Å². The van der Waals surface area contributed by atoms with Crippen molar-refractivity contribution in [2.24, 2.45) is 5.10 Å². The van der Waals surface area contributed by atoms with Gasteiger partial charge in [-0.1, -0.05) is 57.4 Å². The Labute approximate surface area is 188 Å². The van der Waals surface area contributed by atoms with Gasteiger partial charge in [0.25, 0.3) is 5.91 Å². The van der Waals surface area contributed by atoms with Gasteiger partial charge in [0.15, 0.2) is 0 Å². The molecule has 1 N–H and O–H groups in total. The molecule has 7 heteroatoms. The van der Waals surface area contributed by atoms with E-state index in [2.05, 4.69) is 26.5 Å². The molecule has 0 saturated heterocycles. The van der Waals surface area contributed by atoms with Gasteiger partial charge in [-0.25, -0.2) is 5.43 Å². The highest BCUT2D eigenvalue weighted by molar-refractivity contribution is 9.10. The highest BCUT2D eigenvalue weighted by atomic mass is 79.9. The molecule has 5 nitrogen and oxygen atoms in total. The molecular formula is C23H20BrClN2O3. The number of hydrogen-bond acceptors (Lipinski definition) is 4. The van der Waals surface area contributed by atoms with Crippen LogP contribution >= 0.6 is 27.5 Å². The Morgan fingerprint density at radius 2 is 1.83 bits per heavy atom. The summed E-state index contributed by atoms with van der Waals surface area (Å²) in [6.07, 6.45) is 1.50. The summed E-state index contributed by atoms with van der Waals surface area (Å²) in [6.45, 7) is 2.45. The van der Waals surface area contributed by atoms with Gasteiger partial charge in [-0.05, 0) is 48.9 Å². The minimum Gasteiger partial charge on any atom is -0.496 e. The van der Waals surface area contributed by atoms with Crippen LogP contribution in [0.5, 0.6) is 11.5 Å². The molecule has 0 aromatic heterocycles. The third-order valence-corrected chi connectivity index (χ3v) is 4.99. The summed E-state index contributed by atoms with van der Waals surface area (Å²) in [5.74, 6) is 0.669. The Balaban J connectivity index is 1.72. The number of benzene rings is 3. The first-order valence-electron chi connectivity index (χ1n) is 9.11. The quantitative estimate of drug-likeness (QED) is 0.340. The molecule has 3 rings (SSSR count). The minimum atomic E-state index is -0.395. The molecule has 30 heavy (non-hydrogen) atoms. The molecule has 0 aliphatic heterocycles. The van der Waals surface area contributed by atoms with Crippen molar-refractivity contribution in [1.82, 2.24) is 5.43 Å². The van der Waals surface area contributed by atoms with Gasteiger partial charge < -0.3 is 9.47 Å². The number of halogens is 2. The van der Waals surface area contributed by atoms with E-state index in [1.165, 1.54) is 18.9 Å². The fourth-order valence-electron chi connectivity index (χ4n) is 2.68. The first-order valence-corrected chi connectivity index (χ1v) is 10.3. The first kappa shape index (κ1) is 21.9. The summed E-state index contributed by atoms with van der Waals surface area (Å²) in [5, 5.41) is 4.60. The number of rotatable bonds is 7. The predicted octanol–water partition coefficient (Wildman–Crippen LogP) is 5.76. The van der Waals surface area contributed by atoms with Crippen LogP contribution in [0.3, 0.4) is 0 Å². The van der Waals surface area contributed by atoms with E-state index in [0.717, 1.165) is 10.0 Å². The second-order valence-electron chi connectivity index (χ2n) is 6.50. The maximum absolute atomic E-state index is 12.5. The number of amides is 1. The molecule has 0 aliphatic rings. The highest BCUT2D eigenvalue weighted by Gasteiger charge is 2.12. The summed E-state index contributed by atoms with van der Waals surface area (Å²) in [7, 11) is 1.51. The Morgan fingerprint density at radius 3 is 2.57 bits per heavy atom. The average molecular weight is 488 g/mol. The van der Waals surface area contributed by atoms with Gasteiger partial charge in [-0.2, -0.15) is 5.10 Å². The lowest BCUT2D eigenvalue weighted by atomic mass is 10.1. The molecule has 0 spiro atoms. The summed E-state index contributed by atoms with van der Waals surface area (Å²) in [6, 6.07) is 18.5. The zero-order valence-electron chi connectivity index (χ0n) is 16.5. The topological polar surface area (TPSA) is 59.9 Å². The lowest BCUT2D eigenvalue weighted by molar-refractivity contribution is 0.0952. The molecule has 154 valence electrons. The SMILES string of the molecule is COc1ccc(Br)cc1C(=O)N/N=C\c1cc(Cl)ccc1OCc1ccc(C)cc1. The molecule has 0 radical (unpaired) electrons. The molecule has 0 heterocycles. The number of nitrogens with zero attached hydrogens (tertiary/aromatic N) is 1. The number of carbonyl (C=O) groups is 1. The Morgan fingerprint density at radius 1 is 1.10 bits per heavy atom. The lowest BCUT2D eigenvalue weighted by Gasteiger charge is -2.10. The normalized spacial score (nSPS) is 10.8. The van der Waals surface area contributed by atoms with Gasteiger partial charge in [0.2, 0.25) is 0 Å². The van der Waals surface area contributed by atoms with E-state index in [1.54, 1.807) is 36.4 Å². The molecule has 0 saturated carbocycles. The van der Waals surface area contributed by atoms with Crippen molar-refractivity contribution in [1.29, 1.82) is 0 Å². The Kier molecular flexibility index (Phi) is 7.49. The summed E-state index contributed by atoms with van der Waals surface area (Å²) < 4.78 is 11.9. The van der Waals surface area contributed by atoms with Crippen LogP contribution in [-0.2, 0) is 6.61 Å². The van der Waals surface area contributed by atoms with Crippen molar-refractivity contribution in [2.75, 3.05) is 7.11 Å². The lowest BCUT2D eigenvalue weighted by Crippen LogP contribution is -2.18. The third kappa shape index (κ3) is 5.84. The number of hydrogen-bond donors (Lipinski definition) is 1.